The van der Waals surface area contributed by atoms with Crippen LogP contribution in [0.25, 0.3) is 0 Å². The molecule has 0 aliphatic carbocycles. The molecule has 4 heteroatoms. The lowest BCUT2D eigenvalue weighted by Gasteiger charge is -2.36. The normalized spacial score (nSPS) is 17.9. The van der Waals surface area contributed by atoms with Crippen LogP contribution >= 0.6 is 15.9 Å². The maximum Gasteiger partial charge on any atom is 0.0244 e. The highest BCUT2D eigenvalue weighted by atomic mass is 79.9. The molecule has 0 unspecified atom stereocenters. The standard InChI is InChI=1S/C16H26BrN3/c1-3-20-8-6-15(7-9-20)19(2)12-14-5-4-13(11-18)10-16(14)17/h4-5,10,15H,3,6-9,11-12,18H2,1-2H3. The van der Waals surface area contributed by atoms with Gasteiger partial charge in [0.2, 0.25) is 0 Å². The van der Waals surface area contributed by atoms with Crippen molar-refractivity contribution < 1.29 is 0 Å². The Morgan fingerprint density at radius 2 is 2.05 bits per heavy atom. The van der Waals surface area contributed by atoms with Gasteiger partial charge in [0.1, 0.15) is 0 Å². The summed E-state index contributed by atoms with van der Waals surface area (Å²) < 4.78 is 1.18. The molecule has 0 spiro atoms. The van der Waals surface area contributed by atoms with Crippen LogP contribution in [0.4, 0.5) is 0 Å². The molecule has 1 saturated heterocycles. The summed E-state index contributed by atoms with van der Waals surface area (Å²) >= 11 is 3.67. The number of hydrogen-bond acceptors (Lipinski definition) is 3. The van der Waals surface area contributed by atoms with Crippen LogP contribution in [0.2, 0.25) is 0 Å². The van der Waals surface area contributed by atoms with E-state index in [0.29, 0.717) is 12.6 Å². The highest BCUT2D eigenvalue weighted by Crippen LogP contribution is 2.23. The number of nitrogens with two attached hydrogens (primary N) is 1. The minimum Gasteiger partial charge on any atom is -0.326 e. The molecule has 2 rings (SSSR count). The third-order valence-corrected chi connectivity index (χ3v) is 5.14. The van der Waals surface area contributed by atoms with Crippen LogP contribution in [0.5, 0.6) is 0 Å². The van der Waals surface area contributed by atoms with Gasteiger partial charge in [0.25, 0.3) is 0 Å². The molecule has 1 heterocycles. The molecule has 2 N–H and O–H groups in total. The number of nitrogens with zero attached hydrogens (tertiary/aromatic N) is 2. The van der Waals surface area contributed by atoms with E-state index in [2.05, 4.69) is 57.9 Å². The van der Waals surface area contributed by atoms with Crippen molar-refractivity contribution in [2.75, 3.05) is 26.7 Å². The molecule has 1 aromatic carbocycles. The van der Waals surface area contributed by atoms with Crippen LogP contribution in [0.15, 0.2) is 22.7 Å². The summed E-state index contributed by atoms with van der Waals surface area (Å²) in [6.07, 6.45) is 2.56. The van der Waals surface area contributed by atoms with Gasteiger partial charge in [-0.25, -0.2) is 0 Å². The molecule has 0 radical (unpaired) electrons. The highest BCUT2D eigenvalue weighted by Gasteiger charge is 2.21. The van der Waals surface area contributed by atoms with Gasteiger partial charge in [-0.3, -0.25) is 4.90 Å². The molecular weight excluding hydrogens is 314 g/mol. The van der Waals surface area contributed by atoms with Crippen molar-refractivity contribution >= 4 is 15.9 Å². The Hall–Kier alpha value is -0.420. The summed E-state index contributed by atoms with van der Waals surface area (Å²) in [5, 5.41) is 0. The maximum absolute atomic E-state index is 5.68. The third kappa shape index (κ3) is 4.04. The van der Waals surface area contributed by atoms with Gasteiger partial charge >= 0.3 is 0 Å². The van der Waals surface area contributed by atoms with Crippen molar-refractivity contribution in [3.8, 4) is 0 Å². The Balaban J connectivity index is 1.93. The summed E-state index contributed by atoms with van der Waals surface area (Å²) in [6, 6.07) is 7.18. The molecule has 0 aromatic heterocycles. The van der Waals surface area contributed by atoms with Crippen LogP contribution in [0, 0.1) is 0 Å². The molecule has 1 fully saturated rings. The first-order valence-corrected chi connectivity index (χ1v) is 8.33. The van der Waals surface area contributed by atoms with E-state index in [4.69, 9.17) is 5.73 Å². The molecule has 0 atom stereocenters. The minimum absolute atomic E-state index is 0.601. The van der Waals surface area contributed by atoms with Crippen LogP contribution in [0.3, 0.4) is 0 Å². The topological polar surface area (TPSA) is 32.5 Å². The Morgan fingerprint density at radius 3 is 2.60 bits per heavy atom. The molecule has 0 bridgehead atoms. The first-order valence-electron chi connectivity index (χ1n) is 7.54. The van der Waals surface area contributed by atoms with Crippen LogP contribution < -0.4 is 5.73 Å². The molecule has 0 amide bonds. The second-order valence-electron chi connectivity index (χ2n) is 5.71. The van der Waals surface area contributed by atoms with E-state index in [0.717, 1.165) is 6.54 Å². The van der Waals surface area contributed by atoms with Gasteiger partial charge in [-0.05, 0) is 56.7 Å². The molecule has 0 saturated carbocycles. The number of hydrogen-bond donors (Lipinski definition) is 1. The number of piperidine rings is 1. The van der Waals surface area contributed by atoms with Crippen molar-refractivity contribution in [3.63, 3.8) is 0 Å². The van der Waals surface area contributed by atoms with E-state index >= 15 is 0 Å². The molecule has 112 valence electrons. The second-order valence-corrected chi connectivity index (χ2v) is 6.56. The predicted octanol–water partition coefficient (Wildman–Crippen LogP) is 2.82. The molecule has 1 aromatic rings. The van der Waals surface area contributed by atoms with Gasteiger partial charge < -0.3 is 10.6 Å². The fourth-order valence-corrected chi connectivity index (χ4v) is 3.47. The fourth-order valence-electron chi connectivity index (χ4n) is 2.92. The summed E-state index contributed by atoms with van der Waals surface area (Å²) in [7, 11) is 2.25. The van der Waals surface area contributed by atoms with Gasteiger partial charge in [0.15, 0.2) is 0 Å². The number of rotatable bonds is 5. The van der Waals surface area contributed by atoms with Gasteiger partial charge in [-0.1, -0.05) is 35.0 Å². The zero-order chi connectivity index (χ0) is 14.5. The van der Waals surface area contributed by atoms with Crippen molar-refractivity contribution in [3.05, 3.63) is 33.8 Å². The Bertz CT molecular complexity index is 428. The highest BCUT2D eigenvalue weighted by molar-refractivity contribution is 9.10. The first-order chi connectivity index (χ1) is 9.63. The van der Waals surface area contributed by atoms with Crippen molar-refractivity contribution in [2.24, 2.45) is 5.73 Å². The lowest BCUT2D eigenvalue weighted by atomic mass is 10.0. The average molecular weight is 340 g/mol. The number of benzene rings is 1. The van der Waals surface area contributed by atoms with Crippen LogP contribution in [-0.4, -0.2) is 42.5 Å². The average Bonchev–Trinajstić information content (AvgIpc) is 2.49. The quantitative estimate of drug-likeness (QED) is 0.895. The lowest BCUT2D eigenvalue weighted by molar-refractivity contribution is 0.127. The van der Waals surface area contributed by atoms with Crippen molar-refractivity contribution in [1.82, 2.24) is 9.80 Å². The molecule has 1 aliphatic heterocycles. The van der Waals surface area contributed by atoms with Crippen LogP contribution in [0.1, 0.15) is 30.9 Å². The van der Waals surface area contributed by atoms with Crippen LogP contribution in [-0.2, 0) is 13.1 Å². The Labute approximate surface area is 131 Å². The molecule has 3 nitrogen and oxygen atoms in total. The Kier molecular flexibility index (Phi) is 6.02. The summed E-state index contributed by atoms with van der Waals surface area (Å²) in [4.78, 5) is 5.03. The van der Waals surface area contributed by atoms with Crippen molar-refractivity contribution in [1.29, 1.82) is 0 Å². The van der Waals surface area contributed by atoms with Crippen molar-refractivity contribution in [2.45, 2.75) is 38.9 Å². The van der Waals surface area contributed by atoms with Gasteiger partial charge in [-0.15, -0.1) is 0 Å². The number of likely N-dealkylation sites (tertiary alicyclic amines) is 1. The third-order valence-electron chi connectivity index (χ3n) is 4.40. The van der Waals surface area contributed by atoms with Gasteiger partial charge in [0.05, 0.1) is 0 Å². The SMILES string of the molecule is CCN1CCC(N(C)Cc2ccc(CN)cc2Br)CC1. The van der Waals surface area contributed by atoms with E-state index in [1.807, 2.05) is 0 Å². The van der Waals surface area contributed by atoms with E-state index in [1.165, 1.54) is 48.1 Å². The lowest BCUT2D eigenvalue weighted by Crippen LogP contribution is -2.42. The van der Waals surface area contributed by atoms with E-state index in [9.17, 15) is 0 Å². The molecule has 1 aliphatic rings. The summed E-state index contributed by atoms with van der Waals surface area (Å²) in [6.45, 7) is 7.51. The Morgan fingerprint density at radius 1 is 1.35 bits per heavy atom. The molecular formula is C16H26BrN3. The second kappa shape index (κ2) is 7.55. The first kappa shape index (κ1) is 16.0. The monoisotopic (exact) mass is 339 g/mol. The largest absolute Gasteiger partial charge is 0.326 e. The molecule has 20 heavy (non-hydrogen) atoms. The predicted molar refractivity (Wildman–Crippen MR) is 88.6 cm³/mol. The zero-order valence-corrected chi connectivity index (χ0v) is 14.2. The van der Waals surface area contributed by atoms with E-state index in [1.54, 1.807) is 0 Å². The summed E-state index contributed by atoms with van der Waals surface area (Å²) in [5.41, 5.74) is 8.21. The van der Waals surface area contributed by atoms with Gasteiger partial charge in [-0.2, -0.15) is 0 Å². The van der Waals surface area contributed by atoms with E-state index < -0.39 is 0 Å². The summed E-state index contributed by atoms with van der Waals surface area (Å²) in [5.74, 6) is 0. The van der Waals surface area contributed by atoms with E-state index in [-0.39, 0.29) is 0 Å². The zero-order valence-electron chi connectivity index (χ0n) is 12.6. The van der Waals surface area contributed by atoms with Gasteiger partial charge in [0, 0.05) is 23.6 Å². The fraction of sp³-hybridized carbons (Fsp3) is 0.625. The maximum atomic E-state index is 5.68. The minimum atomic E-state index is 0.601. The smallest absolute Gasteiger partial charge is 0.0244 e. The number of halogens is 1.